The van der Waals surface area contributed by atoms with E-state index in [0.29, 0.717) is 17.4 Å². The predicted molar refractivity (Wildman–Crippen MR) is 59.5 cm³/mol. The fourth-order valence-corrected chi connectivity index (χ4v) is 1.90. The van der Waals surface area contributed by atoms with Gasteiger partial charge in [0.05, 0.1) is 5.75 Å². The predicted octanol–water partition coefficient (Wildman–Crippen LogP) is 0.183. The molecule has 2 aromatic heterocycles. The second-order valence-electron chi connectivity index (χ2n) is 3.22. The zero-order valence-electron chi connectivity index (χ0n) is 8.95. The van der Waals surface area contributed by atoms with E-state index < -0.39 is 0 Å². The van der Waals surface area contributed by atoms with Crippen molar-refractivity contribution in [3.8, 4) is 0 Å². The van der Waals surface area contributed by atoms with Crippen LogP contribution in [0.15, 0.2) is 11.2 Å². The summed E-state index contributed by atoms with van der Waals surface area (Å²) in [6.45, 7) is 1.89. The summed E-state index contributed by atoms with van der Waals surface area (Å²) < 4.78 is 1.60. The molecule has 2 rings (SSSR count). The first kappa shape index (κ1) is 10.8. The van der Waals surface area contributed by atoms with Crippen LogP contribution < -0.4 is 5.73 Å². The van der Waals surface area contributed by atoms with Crippen LogP contribution >= 0.6 is 11.8 Å². The number of hydrogen-bond acceptors (Lipinski definition) is 7. The Morgan fingerprint density at radius 3 is 2.88 bits per heavy atom. The lowest BCUT2D eigenvalue weighted by Crippen LogP contribution is -2.01. The highest BCUT2D eigenvalue weighted by atomic mass is 32.2. The van der Waals surface area contributed by atoms with Crippen molar-refractivity contribution in [2.75, 3.05) is 5.73 Å². The molecule has 0 aromatic carbocycles. The van der Waals surface area contributed by atoms with Gasteiger partial charge >= 0.3 is 0 Å². The van der Waals surface area contributed by atoms with E-state index in [4.69, 9.17) is 5.73 Å². The molecule has 16 heavy (non-hydrogen) atoms. The van der Waals surface area contributed by atoms with E-state index in [9.17, 15) is 0 Å². The Balaban J connectivity index is 2.07. The molecule has 7 nitrogen and oxygen atoms in total. The maximum absolute atomic E-state index is 5.63. The van der Waals surface area contributed by atoms with Gasteiger partial charge in [0.25, 0.3) is 0 Å². The molecule has 0 unspecified atom stereocenters. The average Bonchev–Trinajstić information content (AvgIpc) is 2.59. The molecule has 0 atom stereocenters. The van der Waals surface area contributed by atoms with Gasteiger partial charge in [0.2, 0.25) is 5.16 Å². The van der Waals surface area contributed by atoms with Crippen molar-refractivity contribution in [1.29, 1.82) is 0 Å². The zero-order chi connectivity index (χ0) is 11.5. The van der Waals surface area contributed by atoms with Gasteiger partial charge < -0.3 is 5.73 Å². The minimum Gasteiger partial charge on any atom is -0.384 e. The number of tetrazole rings is 1. The van der Waals surface area contributed by atoms with Crippen LogP contribution in [0.2, 0.25) is 0 Å². The van der Waals surface area contributed by atoms with Crippen LogP contribution in [-0.4, -0.2) is 30.2 Å². The lowest BCUT2D eigenvalue weighted by Gasteiger charge is -2.01. The Morgan fingerprint density at radius 1 is 1.44 bits per heavy atom. The summed E-state index contributed by atoms with van der Waals surface area (Å²) in [4.78, 5) is 8.40. The molecule has 0 fully saturated rings. The van der Waals surface area contributed by atoms with Crippen molar-refractivity contribution in [3.05, 3.63) is 17.6 Å². The lowest BCUT2D eigenvalue weighted by molar-refractivity contribution is 0.664. The molecule has 2 aromatic rings. The maximum atomic E-state index is 5.63. The van der Waals surface area contributed by atoms with Crippen molar-refractivity contribution in [1.82, 2.24) is 30.2 Å². The van der Waals surface area contributed by atoms with E-state index in [0.717, 1.165) is 10.9 Å². The third-order valence-corrected chi connectivity index (χ3v) is 2.84. The standard InChI is InChI=1S/C8H11N7S/c1-5-3-6(9)11-7(10-5)4-16-8-12-13-14-15(8)2/h3H,4H2,1-2H3,(H2,9,10,11). The van der Waals surface area contributed by atoms with Crippen LogP contribution in [0, 0.1) is 6.92 Å². The van der Waals surface area contributed by atoms with Crippen LogP contribution in [0.4, 0.5) is 5.82 Å². The number of nitrogens with two attached hydrogens (primary N) is 1. The molecule has 0 aliphatic rings. The minimum absolute atomic E-state index is 0.485. The number of nitrogens with zero attached hydrogens (tertiary/aromatic N) is 6. The van der Waals surface area contributed by atoms with Crippen molar-refractivity contribution in [2.45, 2.75) is 17.8 Å². The summed E-state index contributed by atoms with van der Waals surface area (Å²) in [6, 6.07) is 1.73. The zero-order valence-corrected chi connectivity index (χ0v) is 9.77. The molecule has 0 bridgehead atoms. The van der Waals surface area contributed by atoms with Crippen molar-refractivity contribution in [3.63, 3.8) is 0 Å². The largest absolute Gasteiger partial charge is 0.384 e. The number of anilines is 1. The molecule has 84 valence electrons. The first-order valence-corrected chi connectivity index (χ1v) is 5.59. The number of hydrogen-bond donors (Lipinski definition) is 1. The monoisotopic (exact) mass is 237 g/mol. The van der Waals surface area contributed by atoms with Gasteiger partial charge in [-0.15, -0.1) is 5.10 Å². The molecule has 0 saturated heterocycles. The number of rotatable bonds is 3. The Morgan fingerprint density at radius 2 is 2.25 bits per heavy atom. The first-order chi connectivity index (χ1) is 7.65. The Labute approximate surface area is 96.5 Å². The molecule has 0 saturated carbocycles. The van der Waals surface area contributed by atoms with Gasteiger partial charge in [-0.2, -0.15) is 0 Å². The molecule has 0 aliphatic carbocycles. The molecule has 0 radical (unpaired) electrons. The summed E-state index contributed by atoms with van der Waals surface area (Å²) in [5.41, 5.74) is 6.49. The van der Waals surface area contributed by atoms with E-state index in [-0.39, 0.29) is 0 Å². The smallest absolute Gasteiger partial charge is 0.209 e. The second kappa shape index (κ2) is 4.44. The van der Waals surface area contributed by atoms with Gasteiger partial charge in [-0.1, -0.05) is 11.8 Å². The van der Waals surface area contributed by atoms with Gasteiger partial charge in [-0.25, -0.2) is 14.6 Å². The van der Waals surface area contributed by atoms with Gasteiger partial charge in [0.1, 0.15) is 11.6 Å². The molecule has 8 heteroatoms. The van der Waals surface area contributed by atoms with Crippen LogP contribution in [0.25, 0.3) is 0 Å². The number of thioether (sulfide) groups is 1. The summed E-state index contributed by atoms with van der Waals surface area (Å²) in [5.74, 6) is 1.77. The van der Waals surface area contributed by atoms with Crippen molar-refractivity contribution >= 4 is 17.6 Å². The number of aromatic nitrogens is 6. The van der Waals surface area contributed by atoms with Gasteiger partial charge in [-0.3, -0.25) is 0 Å². The molecule has 0 spiro atoms. The molecule has 2 heterocycles. The highest BCUT2D eigenvalue weighted by molar-refractivity contribution is 7.98. The van der Waals surface area contributed by atoms with Crippen LogP contribution in [0.1, 0.15) is 11.5 Å². The van der Waals surface area contributed by atoms with E-state index in [2.05, 4.69) is 25.5 Å². The normalized spacial score (nSPS) is 10.6. The molecule has 0 aliphatic heterocycles. The Bertz CT molecular complexity index is 475. The molecular weight excluding hydrogens is 226 g/mol. The van der Waals surface area contributed by atoms with Gasteiger partial charge in [0.15, 0.2) is 0 Å². The van der Waals surface area contributed by atoms with Crippen molar-refractivity contribution in [2.24, 2.45) is 7.05 Å². The Kier molecular flexibility index (Phi) is 3.00. The summed E-state index contributed by atoms with van der Waals surface area (Å²) in [5, 5.41) is 11.9. The van der Waals surface area contributed by atoms with E-state index >= 15 is 0 Å². The maximum Gasteiger partial charge on any atom is 0.209 e. The molecular formula is C8H11N7S. The van der Waals surface area contributed by atoms with E-state index in [1.807, 2.05) is 6.92 Å². The lowest BCUT2D eigenvalue weighted by atomic mass is 10.4. The summed E-state index contributed by atoms with van der Waals surface area (Å²) in [7, 11) is 1.79. The highest BCUT2D eigenvalue weighted by Gasteiger charge is 2.06. The second-order valence-corrected chi connectivity index (χ2v) is 4.17. The van der Waals surface area contributed by atoms with Gasteiger partial charge in [-0.05, 0) is 17.4 Å². The highest BCUT2D eigenvalue weighted by Crippen LogP contribution is 2.17. The van der Waals surface area contributed by atoms with Crippen LogP contribution in [0.3, 0.4) is 0 Å². The fraction of sp³-hybridized carbons (Fsp3) is 0.375. The summed E-state index contributed by atoms with van der Waals surface area (Å²) in [6.07, 6.45) is 0. The van der Waals surface area contributed by atoms with Gasteiger partial charge in [0, 0.05) is 18.8 Å². The quantitative estimate of drug-likeness (QED) is 0.761. The number of nitrogen functional groups attached to an aromatic ring is 1. The molecule has 2 N–H and O–H groups in total. The third kappa shape index (κ3) is 2.45. The third-order valence-electron chi connectivity index (χ3n) is 1.83. The summed E-state index contributed by atoms with van der Waals surface area (Å²) >= 11 is 1.47. The fourth-order valence-electron chi connectivity index (χ4n) is 1.19. The average molecular weight is 237 g/mol. The first-order valence-electron chi connectivity index (χ1n) is 4.60. The van der Waals surface area contributed by atoms with Crippen LogP contribution in [0.5, 0.6) is 0 Å². The minimum atomic E-state index is 0.485. The van der Waals surface area contributed by atoms with E-state index in [1.165, 1.54) is 11.8 Å². The van der Waals surface area contributed by atoms with E-state index in [1.54, 1.807) is 17.8 Å². The Hall–Kier alpha value is -1.70. The number of aryl methyl sites for hydroxylation is 2. The molecule has 0 amide bonds. The van der Waals surface area contributed by atoms with Crippen molar-refractivity contribution < 1.29 is 0 Å². The topological polar surface area (TPSA) is 95.4 Å². The van der Waals surface area contributed by atoms with Crippen LogP contribution in [-0.2, 0) is 12.8 Å². The SMILES string of the molecule is Cc1cc(N)nc(CSc2nnnn2C)n1.